The van der Waals surface area contributed by atoms with Crippen molar-refractivity contribution in [1.82, 2.24) is 10.2 Å². The molecule has 19 heavy (non-hydrogen) atoms. The maximum absolute atomic E-state index is 11.9. The predicted octanol–water partition coefficient (Wildman–Crippen LogP) is 2.49. The van der Waals surface area contributed by atoms with Gasteiger partial charge >= 0.3 is 0 Å². The number of nitrogens with two attached hydrogens (primary N) is 1. The van der Waals surface area contributed by atoms with Gasteiger partial charge in [-0.05, 0) is 68.0 Å². The first-order valence-corrected chi connectivity index (χ1v) is 7.24. The van der Waals surface area contributed by atoms with Crippen molar-refractivity contribution in [3.05, 3.63) is 28.2 Å². The third-order valence-electron chi connectivity index (χ3n) is 3.12. The van der Waals surface area contributed by atoms with Crippen LogP contribution in [0.25, 0.3) is 0 Å². The SMILES string of the molecule is CC(C)N(C)CCCNC(=O)c1ccc(N)c(Br)c1. The summed E-state index contributed by atoms with van der Waals surface area (Å²) in [5.41, 5.74) is 6.95. The third-order valence-corrected chi connectivity index (χ3v) is 3.80. The Balaban J connectivity index is 2.37. The summed E-state index contributed by atoms with van der Waals surface area (Å²) in [6, 6.07) is 5.73. The number of amides is 1. The Labute approximate surface area is 123 Å². The van der Waals surface area contributed by atoms with E-state index in [1.165, 1.54) is 0 Å². The number of carbonyl (C=O) groups excluding carboxylic acids is 1. The molecule has 1 rings (SSSR count). The summed E-state index contributed by atoms with van der Waals surface area (Å²) < 4.78 is 0.750. The van der Waals surface area contributed by atoms with Crippen LogP contribution in [0.1, 0.15) is 30.6 Å². The van der Waals surface area contributed by atoms with E-state index in [4.69, 9.17) is 5.73 Å². The van der Waals surface area contributed by atoms with Crippen molar-refractivity contribution in [2.75, 3.05) is 25.9 Å². The number of nitrogen functional groups attached to an aromatic ring is 1. The monoisotopic (exact) mass is 327 g/mol. The van der Waals surface area contributed by atoms with Gasteiger partial charge in [0.2, 0.25) is 0 Å². The van der Waals surface area contributed by atoms with E-state index in [0.29, 0.717) is 23.8 Å². The average Bonchev–Trinajstić information content (AvgIpc) is 2.37. The molecule has 0 radical (unpaired) electrons. The van der Waals surface area contributed by atoms with Crippen LogP contribution in [0.15, 0.2) is 22.7 Å². The van der Waals surface area contributed by atoms with E-state index in [1.807, 2.05) is 0 Å². The summed E-state index contributed by atoms with van der Waals surface area (Å²) in [5.74, 6) is -0.0621. The summed E-state index contributed by atoms with van der Waals surface area (Å²) in [6.07, 6.45) is 0.941. The first-order valence-electron chi connectivity index (χ1n) is 6.45. The van der Waals surface area contributed by atoms with Gasteiger partial charge in [0.05, 0.1) is 0 Å². The number of benzene rings is 1. The second kappa shape index (κ2) is 7.50. The minimum atomic E-state index is -0.0621. The predicted molar refractivity (Wildman–Crippen MR) is 83.3 cm³/mol. The Hall–Kier alpha value is -1.07. The van der Waals surface area contributed by atoms with Gasteiger partial charge in [0.25, 0.3) is 5.91 Å². The van der Waals surface area contributed by atoms with Crippen LogP contribution in [-0.2, 0) is 0 Å². The van der Waals surface area contributed by atoms with Crippen LogP contribution >= 0.6 is 15.9 Å². The Bertz CT molecular complexity index is 435. The minimum absolute atomic E-state index is 0.0621. The molecule has 0 aliphatic carbocycles. The quantitative estimate of drug-likeness (QED) is 0.623. The lowest BCUT2D eigenvalue weighted by molar-refractivity contribution is 0.0951. The number of hydrogen-bond donors (Lipinski definition) is 2. The largest absolute Gasteiger partial charge is 0.398 e. The summed E-state index contributed by atoms with van der Waals surface area (Å²) in [6.45, 7) is 5.97. The van der Waals surface area contributed by atoms with E-state index in [1.54, 1.807) is 18.2 Å². The fourth-order valence-electron chi connectivity index (χ4n) is 1.56. The lowest BCUT2D eigenvalue weighted by atomic mass is 10.2. The van der Waals surface area contributed by atoms with Gasteiger partial charge in [-0.15, -0.1) is 0 Å². The zero-order chi connectivity index (χ0) is 14.4. The van der Waals surface area contributed by atoms with Crippen molar-refractivity contribution >= 4 is 27.5 Å². The molecule has 0 aromatic heterocycles. The van der Waals surface area contributed by atoms with E-state index in [0.717, 1.165) is 17.4 Å². The first kappa shape index (κ1) is 16.0. The molecular weight excluding hydrogens is 306 g/mol. The molecule has 0 fully saturated rings. The van der Waals surface area contributed by atoms with E-state index in [2.05, 4.69) is 47.0 Å². The van der Waals surface area contributed by atoms with Crippen LogP contribution in [-0.4, -0.2) is 37.0 Å². The van der Waals surface area contributed by atoms with Crippen LogP contribution < -0.4 is 11.1 Å². The molecule has 5 heteroatoms. The average molecular weight is 328 g/mol. The molecule has 0 saturated heterocycles. The van der Waals surface area contributed by atoms with Crippen LogP contribution in [0.3, 0.4) is 0 Å². The Morgan fingerprint density at radius 3 is 2.74 bits per heavy atom. The van der Waals surface area contributed by atoms with Gasteiger partial charge < -0.3 is 16.0 Å². The van der Waals surface area contributed by atoms with Crippen LogP contribution in [0.5, 0.6) is 0 Å². The molecule has 0 bridgehead atoms. The standard InChI is InChI=1S/C14H22BrN3O/c1-10(2)18(3)8-4-7-17-14(19)11-5-6-13(16)12(15)9-11/h5-6,9-10H,4,7-8,16H2,1-3H3,(H,17,19). The molecule has 0 saturated carbocycles. The van der Waals surface area contributed by atoms with E-state index in [-0.39, 0.29) is 5.91 Å². The molecule has 0 aliphatic rings. The molecule has 0 spiro atoms. The van der Waals surface area contributed by atoms with Crippen LogP contribution in [0.2, 0.25) is 0 Å². The Morgan fingerprint density at radius 1 is 1.47 bits per heavy atom. The molecule has 4 nitrogen and oxygen atoms in total. The number of nitrogens with one attached hydrogen (secondary N) is 1. The Kier molecular flexibility index (Phi) is 6.31. The Morgan fingerprint density at radius 2 is 2.16 bits per heavy atom. The summed E-state index contributed by atoms with van der Waals surface area (Å²) in [7, 11) is 2.09. The highest BCUT2D eigenvalue weighted by molar-refractivity contribution is 9.10. The van der Waals surface area contributed by atoms with Gasteiger partial charge in [-0.3, -0.25) is 4.79 Å². The first-order chi connectivity index (χ1) is 8.91. The fourth-order valence-corrected chi connectivity index (χ4v) is 1.94. The highest BCUT2D eigenvalue weighted by Crippen LogP contribution is 2.20. The maximum Gasteiger partial charge on any atom is 0.251 e. The zero-order valence-electron chi connectivity index (χ0n) is 11.7. The smallest absolute Gasteiger partial charge is 0.251 e. The lowest BCUT2D eigenvalue weighted by Crippen LogP contribution is -2.31. The second-order valence-corrected chi connectivity index (χ2v) is 5.77. The van der Waals surface area contributed by atoms with Crippen molar-refractivity contribution in [3.63, 3.8) is 0 Å². The van der Waals surface area contributed by atoms with E-state index < -0.39 is 0 Å². The number of carbonyl (C=O) groups is 1. The van der Waals surface area contributed by atoms with Gasteiger partial charge in [0.15, 0.2) is 0 Å². The highest BCUT2D eigenvalue weighted by atomic mass is 79.9. The zero-order valence-corrected chi connectivity index (χ0v) is 13.3. The fraction of sp³-hybridized carbons (Fsp3) is 0.500. The van der Waals surface area contributed by atoms with E-state index >= 15 is 0 Å². The van der Waals surface area contributed by atoms with Crippen molar-refractivity contribution in [1.29, 1.82) is 0 Å². The molecule has 0 atom stereocenters. The molecule has 0 unspecified atom stereocenters. The number of nitrogens with zero attached hydrogens (tertiary/aromatic N) is 1. The van der Waals surface area contributed by atoms with Crippen molar-refractivity contribution in [2.24, 2.45) is 0 Å². The normalized spacial score (nSPS) is 11.1. The molecule has 1 aromatic rings. The lowest BCUT2D eigenvalue weighted by Gasteiger charge is -2.20. The highest BCUT2D eigenvalue weighted by Gasteiger charge is 2.07. The van der Waals surface area contributed by atoms with Crippen molar-refractivity contribution in [3.8, 4) is 0 Å². The maximum atomic E-state index is 11.9. The summed E-state index contributed by atoms with van der Waals surface area (Å²) in [4.78, 5) is 14.2. The van der Waals surface area contributed by atoms with Crippen molar-refractivity contribution < 1.29 is 4.79 Å². The molecule has 1 amide bonds. The molecule has 3 N–H and O–H groups in total. The van der Waals surface area contributed by atoms with Gasteiger partial charge in [0.1, 0.15) is 0 Å². The summed E-state index contributed by atoms with van der Waals surface area (Å²) >= 11 is 3.32. The van der Waals surface area contributed by atoms with Crippen LogP contribution in [0.4, 0.5) is 5.69 Å². The molecule has 1 aromatic carbocycles. The van der Waals surface area contributed by atoms with Crippen LogP contribution in [0, 0.1) is 0 Å². The van der Waals surface area contributed by atoms with Gasteiger partial charge in [-0.2, -0.15) is 0 Å². The van der Waals surface area contributed by atoms with E-state index in [9.17, 15) is 4.79 Å². The van der Waals surface area contributed by atoms with Gasteiger partial charge in [-0.25, -0.2) is 0 Å². The molecule has 0 aliphatic heterocycles. The van der Waals surface area contributed by atoms with Crippen molar-refractivity contribution in [2.45, 2.75) is 26.3 Å². The third kappa shape index (κ3) is 5.20. The summed E-state index contributed by atoms with van der Waals surface area (Å²) in [5, 5.41) is 2.91. The number of anilines is 1. The number of hydrogen-bond acceptors (Lipinski definition) is 3. The van der Waals surface area contributed by atoms with Gasteiger partial charge in [-0.1, -0.05) is 0 Å². The molecule has 0 heterocycles. The number of rotatable bonds is 6. The minimum Gasteiger partial charge on any atom is -0.398 e. The molecular formula is C14H22BrN3O. The topological polar surface area (TPSA) is 58.4 Å². The molecule has 106 valence electrons. The van der Waals surface area contributed by atoms with Gasteiger partial charge in [0, 0.05) is 28.3 Å². The number of halogens is 1. The second-order valence-electron chi connectivity index (χ2n) is 4.92.